The minimum atomic E-state index is -2.15. The van der Waals surface area contributed by atoms with Gasteiger partial charge in [0.05, 0.1) is 42.3 Å². The molecule has 12 heteroatoms. The second kappa shape index (κ2) is 10.9. The fraction of sp³-hybridized carbons (Fsp3) is 0.625. The lowest BCUT2D eigenvalue weighted by molar-refractivity contribution is -0.345. The molecule has 2 saturated carbocycles. The van der Waals surface area contributed by atoms with Crippen molar-refractivity contribution in [2.45, 2.75) is 90.0 Å². The van der Waals surface area contributed by atoms with Crippen LogP contribution in [0.3, 0.4) is 0 Å². The maximum atomic E-state index is 14.9. The van der Waals surface area contributed by atoms with Gasteiger partial charge in [-0.25, -0.2) is 9.59 Å². The van der Waals surface area contributed by atoms with Crippen LogP contribution in [0, 0.1) is 22.7 Å². The van der Waals surface area contributed by atoms with E-state index in [0.717, 1.165) is 0 Å². The molecule has 2 bridgehead atoms. The maximum absolute atomic E-state index is 14.9. The van der Waals surface area contributed by atoms with Gasteiger partial charge >= 0.3 is 18.1 Å². The van der Waals surface area contributed by atoms with Crippen LogP contribution in [-0.2, 0) is 33.3 Å². The van der Waals surface area contributed by atoms with Crippen LogP contribution in [0.1, 0.15) is 64.7 Å². The van der Waals surface area contributed by atoms with E-state index in [-0.39, 0.29) is 37.2 Å². The number of carbonyl (C=O) groups excluding carboxylic acids is 4. The number of allylic oxidation sites excluding steroid dienone is 1. The van der Waals surface area contributed by atoms with Crippen molar-refractivity contribution in [3.05, 3.63) is 47.2 Å². The zero-order valence-corrected chi connectivity index (χ0v) is 25.7. The van der Waals surface area contributed by atoms with Gasteiger partial charge in [-0.15, -0.1) is 0 Å². The first kappa shape index (κ1) is 32.1. The average molecular weight is 617 g/mol. The Morgan fingerprint density at radius 2 is 1.75 bits per heavy atom. The Bertz CT molecular complexity index is 1390. The number of aliphatic hydroxyl groups excluding tert-OH is 2. The monoisotopic (exact) mass is 616 g/mol. The van der Waals surface area contributed by atoms with E-state index in [1.807, 2.05) is 0 Å². The summed E-state index contributed by atoms with van der Waals surface area (Å²) in [5, 5.41) is 36.0. The van der Waals surface area contributed by atoms with Crippen LogP contribution < -0.4 is 0 Å². The molecular formula is C32H40O12. The third-order valence-electron chi connectivity index (χ3n) is 10.4. The number of ether oxygens (including phenoxy) is 5. The normalized spacial score (nSPS) is 39.0. The van der Waals surface area contributed by atoms with Crippen LogP contribution in [0.25, 0.3) is 0 Å². The maximum Gasteiger partial charge on any atom is 0.513 e. The van der Waals surface area contributed by atoms with Crippen LogP contribution in [-0.4, -0.2) is 88.0 Å². The van der Waals surface area contributed by atoms with Gasteiger partial charge in [-0.1, -0.05) is 39.0 Å². The summed E-state index contributed by atoms with van der Waals surface area (Å²) in [5.74, 6) is -5.14. The number of hydrogen-bond acceptors (Lipinski definition) is 12. The highest BCUT2D eigenvalue weighted by Gasteiger charge is 2.77. The first-order valence-corrected chi connectivity index (χ1v) is 14.9. The molecule has 1 aromatic rings. The summed E-state index contributed by atoms with van der Waals surface area (Å²) in [6.45, 7) is 8.70. The zero-order chi connectivity index (χ0) is 32.4. The van der Waals surface area contributed by atoms with E-state index in [1.165, 1.54) is 26.0 Å². The molecule has 1 aliphatic heterocycles. The fourth-order valence-electron chi connectivity index (χ4n) is 7.98. The minimum absolute atomic E-state index is 0.0598. The number of rotatable bonds is 5. The SMILES string of the molecule is CCOC(=O)OC1=C2C(C)[C@@H](O)C[C@@](O)([C@@H](OC(=O)c3ccccc3)C3[C@](C)(C1=O)[C@@H](O)C[C@H]1OC[C@@]31OC(C)=O)C2(C)C. The number of carbonyl (C=O) groups is 4. The third kappa shape index (κ3) is 4.48. The lowest BCUT2D eigenvalue weighted by Crippen LogP contribution is -2.81. The van der Waals surface area contributed by atoms with E-state index in [0.29, 0.717) is 0 Å². The quantitative estimate of drug-likeness (QED) is 0.326. The molecule has 1 aromatic carbocycles. The Morgan fingerprint density at radius 1 is 1.09 bits per heavy atom. The van der Waals surface area contributed by atoms with E-state index in [1.54, 1.807) is 45.9 Å². The van der Waals surface area contributed by atoms with Gasteiger partial charge in [-0.05, 0) is 31.6 Å². The highest BCUT2D eigenvalue weighted by Crippen LogP contribution is 2.64. The first-order valence-electron chi connectivity index (χ1n) is 14.9. The molecule has 4 aliphatic rings. The van der Waals surface area contributed by atoms with Crippen LogP contribution in [0.5, 0.6) is 0 Å². The van der Waals surface area contributed by atoms with Gasteiger partial charge in [0.1, 0.15) is 17.8 Å². The Balaban J connectivity index is 1.84. The molecule has 1 heterocycles. The summed E-state index contributed by atoms with van der Waals surface area (Å²) >= 11 is 0. The van der Waals surface area contributed by atoms with Gasteiger partial charge in [0.2, 0.25) is 5.78 Å². The topological polar surface area (TPSA) is 175 Å². The lowest BCUT2D eigenvalue weighted by Gasteiger charge is -2.67. The van der Waals surface area contributed by atoms with Crippen LogP contribution >= 0.6 is 0 Å². The van der Waals surface area contributed by atoms with Crippen molar-refractivity contribution < 1.29 is 58.2 Å². The third-order valence-corrected chi connectivity index (χ3v) is 10.4. The van der Waals surface area contributed by atoms with Gasteiger partial charge in [0.15, 0.2) is 11.4 Å². The second-order valence-corrected chi connectivity index (χ2v) is 13.0. The van der Waals surface area contributed by atoms with Crippen molar-refractivity contribution in [2.75, 3.05) is 13.2 Å². The molecule has 3 fully saturated rings. The van der Waals surface area contributed by atoms with Crippen molar-refractivity contribution in [3.8, 4) is 0 Å². The predicted molar refractivity (Wildman–Crippen MR) is 151 cm³/mol. The molecule has 12 nitrogen and oxygen atoms in total. The minimum Gasteiger partial charge on any atom is -0.455 e. The Kier molecular flexibility index (Phi) is 7.97. The summed E-state index contributed by atoms with van der Waals surface area (Å²) in [7, 11) is 0. The molecule has 0 aromatic heterocycles. The molecule has 240 valence electrons. The number of benzene rings is 1. The van der Waals surface area contributed by atoms with Gasteiger partial charge in [0, 0.05) is 31.1 Å². The van der Waals surface area contributed by atoms with Gasteiger partial charge in [-0.2, -0.15) is 0 Å². The van der Waals surface area contributed by atoms with E-state index in [2.05, 4.69) is 0 Å². The molecular weight excluding hydrogens is 576 g/mol. The van der Waals surface area contributed by atoms with Gasteiger partial charge < -0.3 is 39.0 Å². The van der Waals surface area contributed by atoms with Crippen molar-refractivity contribution in [1.82, 2.24) is 0 Å². The number of aliphatic hydroxyl groups is 3. The number of hydrogen-bond donors (Lipinski definition) is 3. The highest BCUT2D eigenvalue weighted by atomic mass is 16.7. The van der Waals surface area contributed by atoms with Crippen molar-refractivity contribution in [2.24, 2.45) is 22.7 Å². The number of esters is 2. The Hall–Kier alpha value is -3.32. The molecule has 0 amide bonds. The summed E-state index contributed by atoms with van der Waals surface area (Å²) < 4.78 is 28.5. The second-order valence-electron chi connectivity index (χ2n) is 13.0. The standard InChI is InChI=1S/C32H40O12/c1-7-40-28(38)42-23-22-16(2)19(34)14-32(39,29(22,4)5)26(43-27(37)18-11-9-8-10-12-18)24-30(6,25(23)36)20(35)13-21-31(24,15-41-21)44-17(3)33/h8-12,16,19-21,24,26,34-35,39H,7,13-15H2,1-6H3/t16?,19-,20-,21+,24?,26-,30+,31-,32+/m0/s1. The predicted octanol–water partition coefficient (Wildman–Crippen LogP) is 2.47. The van der Waals surface area contributed by atoms with Crippen LogP contribution in [0.2, 0.25) is 0 Å². The van der Waals surface area contributed by atoms with Gasteiger partial charge in [-0.3, -0.25) is 9.59 Å². The van der Waals surface area contributed by atoms with Crippen LogP contribution in [0.15, 0.2) is 41.7 Å². The molecule has 1 saturated heterocycles. The fourth-order valence-corrected chi connectivity index (χ4v) is 7.98. The molecule has 5 rings (SSSR count). The number of Topliss-reactive ketones (excluding diaryl/α,β-unsaturated/α-hetero) is 1. The first-order chi connectivity index (χ1) is 20.6. The molecule has 3 aliphatic carbocycles. The van der Waals surface area contributed by atoms with Crippen molar-refractivity contribution in [3.63, 3.8) is 0 Å². The summed E-state index contributed by atoms with van der Waals surface area (Å²) in [4.78, 5) is 54.0. The number of fused-ring (bicyclic) bond motifs is 5. The Labute approximate surface area is 255 Å². The van der Waals surface area contributed by atoms with Crippen LogP contribution in [0.4, 0.5) is 4.79 Å². The van der Waals surface area contributed by atoms with E-state index < -0.39 is 87.9 Å². The van der Waals surface area contributed by atoms with Crippen molar-refractivity contribution >= 4 is 23.9 Å². The molecule has 0 radical (unpaired) electrons. The van der Waals surface area contributed by atoms with E-state index in [4.69, 9.17) is 23.7 Å². The summed E-state index contributed by atoms with van der Waals surface area (Å²) in [5.41, 5.74) is -7.00. The highest BCUT2D eigenvalue weighted by molar-refractivity contribution is 6.02. The average Bonchev–Trinajstić information content (AvgIpc) is 2.95. The zero-order valence-electron chi connectivity index (χ0n) is 25.7. The van der Waals surface area contributed by atoms with E-state index >= 15 is 0 Å². The molecule has 2 unspecified atom stereocenters. The van der Waals surface area contributed by atoms with Crippen molar-refractivity contribution in [1.29, 1.82) is 0 Å². The molecule has 3 N–H and O–H groups in total. The lowest BCUT2D eigenvalue weighted by atomic mass is 9.45. The molecule has 9 atom stereocenters. The largest absolute Gasteiger partial charge is 0.513 e. The smallest absolute Gasteiger partial charge is 0.455 e. The summed E-state index contributed by atoms with van der Waals surface area (Å²) in [6.07, 6.45) is -6.99. The molecule has 44 heavy (non-hydrogen) atoms. The molecule has 0 spiro atoms. The number of ketones is 1. The van der Waals surface area contributed by atoms with Gasteiger partial charge in [0.25, 0.3) is 0 Å². The van der Waals surface area contributed by atoms with E-state index in [9.17, 15) is 34.5 Å². The summed E-state index contributed by atoms with van der Waals surface area (Å²) in [6, 6.07) is 8.02. The Morgan fingerprint density at radius 3 is 2.32 bits per heavy atom.